The molecule has 0 aromatic heterocycles. The van der Waals surface area contributed by atoms with Crippen molar-refractivity contribution in [1.82, 2.24) is 10.2 Å². The molecule has 1 aliphatic rings. The fourth-order valence-electron chi connectivity index (χ4n) is 4.24. The highest BCUT2D eigenvalue weighted by molar-refractivity contribution is 7.92. The summed E-state index contributed by atoms with van der Waals surface area (Å²) in [6, 6.07) is 20.7. The zero-order valence-corrected chi connectivity index (χ0v) is 21.8. The average molecular weight is 522 g/mol. The van der Waals surface area contributed by atoms with E-state index in [1.807, 2.05) is 36.1 Å². The Labute approximate surface area is 217 Å². The van der Waals surface area contributed by atoms with Crippen LogP contribution in [0.25, 0.3) is 0 Å². The molecular weight excluding hydrogens is 490 g/mol. The van der Waals surface area contributed by atoms with Gasteiger partial charge >= 0.3 is 0 Å². The van der Waals surface area contributed by atoms with Crippen LogP contribution in [-0.4, -0.2) is 45.3 Å². The molecule has 8 nitrogen and oxygen atoms in total. The van der Waals surface area contributed by atoms with Gasteiger partial charge in [0.1, 0.15) is 12.3 Å². The van der Waals surface area contributed by atoms with E-state index in [2.05, 4.69) is 5.32 Å². The number of ether oxygens (including phenoxy) is 1. The van der Waals surface area contributed by atoms with Gasteiger partial charge in [0.15, 0.2) is 0 Å². The zero-order chi connectivity index (χ0) is 26.4. The smallest absolute Gasteiger partial charge is 0.264 e. The highest BCUT2D eigenvalue weighted by Crippen LogP contribution is 2.26. The van der Waals surface area contributed by atoms with Crippen LogP contribution < -0.4 is 14.4 Å². The number of likely N-dealkylation sites (tertiary alicyclic amines) is 1. The van der Waals surface area contributed by atoms with Crippen LogP contribution in [0.2, 0.25) is 0 Å². The van der Waals surface area contributed by atoms with Crippen molar-refractivity contribution >= 4 is 27.5 Å². The van der Waals surface area contributed by atoms with Gasteiger partial charge in [0, 0.05) is 26.1 Å². The molecule has 0 spiro atoms. The van der Waals surface area contributed by atoms with Gasteiger partial charge in [-0.3, -0.25) is 13.9 Å². The molecule has 1 saturated heterocycles. The minimum Gasteiger partial charge on any atom is -0.497 e. The standard InChI is InChI=1S/C28H31N3O5S/c1-21-9-15-26(16-10-21)37(34,35)31(24-11-13-25(36-2)14-12-24)20-27(32)29-18-22-6-3-4-7-23(22)19-30-17-5-8-28(30)33/h3-4,6-7,9-16H,5,8,17-20H2,1-2H3,(H,29,32). The molecule has 0 saturated carbocycles. The predicted octanol–water partition coefficient (Wildman–Crippen LogP) is 3.64. The van der Waals surface area contributed by atoms with Crippen molar-refractivity contribution in [3.05, 3.63) is 89.5 Å². The van der Waals surface area contributed by atoms with Crippen LogP contribution in [0, 0.1) is 6.92 Å². The summed E-state index contributed by atoms with van der Waals surface area (Å²) in [5.74, 6) is 0.266. The molecule has 0 radical (unpaired) electrons. The number of amides is 2. The first-order valence-corrected chi connectivity index (χ1v) is 13.6. The summed E-state index contributed by atoms with van der Waals surface area (Å²) < 4.78 is 33.4. The summed E-state index contributed by atoms with van der Waals surface area (Å²) >= 11 is 0. The topological polar surface area (TPSA) is 96.0 Å². The van der Waals surface area contributed by atoms with Crippen molar-refractivity contribution in [2.45, 2.75) is 37.8 Å². The van der Waals surface area contributed by atoms with Crippen molar-refractivity contribution in [2.24, 2.45) is 0 Å². The Morgan fingerprint density at radius 2 is 1.68 bits per heavy atom. The number of anilines is 1. The number of sulfonamides is 1. The van der Waals surface area contributed by atoms with Crippen LogP contribution in [0.4, 0.5) is 5.69 Å². The van der Waals surface area contributed by atoms with Gasteiger partial charge in [-0.1, -0.05) is 42.0 Å². The fraction of sp³-hybridized carbons (Fsp3) is 0.286. The van der Waals surface area contributed by atoms with Crippen LogP contribution in [-0.2, 0) is 32.7 Å². The van der Waals surface area contributed by atoms with E-state index in [0.29, 0.717) is 24.4 Å². The van der Waals surface area contributed by atoms with Crippen molar-refractivity contribution in [3.8, 4) is 5.75 Å². The van der Waals surface area contributed by atoms with Crippen LogP contribution in [0.5, 0.6) is 5.75 Å². The average Bonchev–Trinajstić information content (AvgIpc) is 3.31. The molecule has 37 heavy (non-hydrogen) atoms. The van der Waals surface area contributed by atoms with Crippen LogP contribution in [0.3, 0.4) is 0 Å². The molecule has 1 aliphatic heterocycles. The molecule has 1 N–H and O–H groups in total. The van der Waals surface area contributed by atoms with Crippen molar-refractivity contribution < 1.29 is 22.7 Å². The first-order chi connectivity index (χ1) is 17.8. The molecule has 0 bridgehead atoms. The van der Waals surface area contributed by atoms with Crippen molar-refractivity contribution in [2.75, 3.05) is 24.5 Å². The first-order valence-electron chi connectivity index (χ1n) is 12.1. The van der Waals surface area contributed by atoms with Crippen LogP contribution in [0.15, 0.2) is 77.7 Å². The minimum atomic E-state index is -4.01. The summed E-state index contributed by atoms with van der Waals surface area (Å²) in [7, 11) is -2.48. The maximum absolute atomic E-state index is 13.6. The third kappa shape index (κ3) is 6.29. The maximum atomic E-state index is 13.6. The number of hydrogen-bond donors (Lipinski definition) is 1. The Hall–Kier alpha value is -3.85. The van der Waals surface area contributed by atoms with Gasteiger partial charge in [-0.05, 0) is 60.9 Å². The molecule has 0 unspecified atom stereocenters. The molecule has 3 aromatic carbocycles. The minimum absolute atomic E-state index is 0.0994. The van der Waals surface area contributed by atoms with E-state index in [4.69, 9.17) is 4.74 Å². The van der Waals surface area contributed by atoms with Gasteiger partial charge in [0.25, 0.3) is 10.0 Å². The lowest BCUT2D eigenvalue weighted by atomic mass is 10.1. The number of hydrogen-bond acceptors (Lipinski definition) is 5. The molecule has 9 heteroatoms. The first kappa shape index (κ1) is 26.2. The lowest BCUT2D eigenvalue weighted by Gasteiger charge is -2.24. The number of nitrogens with zero attached hydrogens (tertiary/aromatic N) is 2. The van der Waals surface area contributed by atoms with E-state index in [1.54, 1.807) is 36.4 Å². The highest BCUT2D eigenvalue weighted by atomic mass is 32.2. The number of methoxy groups -OCH3 is 1. The number of rotatable bonds is 10. The monoisotopic (exact) mass is 521 g/mol. The Morgan fingerprint density at radius 1 is 1.00 bits per heavy atom. The predicted molar refractivity (Wildman–Crippen MR) is 142 cm³/mol. The largest absolute Gasteiger partial charge is 0.497 e. The molecule has 1 heterocycles. The molecule has 194 valence electrons. The van der Waals surface area contributed by atoms with Crippen molar-refractivity contribution in [3.63, 3.8) is 0 Å². The van der Waals surface area contributed by atoms with Crippen LogP contribution >= 0.6 is 0 Å². The van der Waals surface area contributed by atoms with E-state index < -0.39 is 22.5 Å². The van der Waals surface area contributed by atoms with E-state index in [0.717, 1.165) is 34.0 Å². The van der Waals surface area contributed by atoms with Crippen molar-refractivity contribution in [1.29, 1.82) is 0 Å². The van der Waals surface area contributed by atoms with Crippen LogP contribution in [0.1, 0.15) is 29.5 Å². The molecule has 1 fully saturated rings. The Morgan fingerprint density at radius 3 is 2.30 bits per heavy atom. The van der Waals surface area contributed by atoms with Gasteiger partial charge in [0.2, 0.25) is 11.8 Å². The summed E-state index contributed by atoms with van der Waals surface area (Å²) in [6.07, 6.45) is 1.42. The Bertz CT molecular complexity index is 1360. The molecule has 0 aliphatic carbocycles. The normalized spacial score (nSPS) is 13.5. The number of nitrogens with one attached hydrogen (secondary N) is 1. The second-order valence-corrected chi connectivity index (χ2v) is 10.8. The Balaban J connectivity index is 1.52. The number of benzene rings is 3. The number of carbonyl (C=O) groups excluding carboxylic acids is 2. The molecule has 4 rings (SSSR count). The lowest BCUT2D eigenvalue weighted by Crippen LogP contribution is -2.40. The van der Waals surface area contributed by atoms with E-state index in [9.17, 15) is 18.0 Å². The highest BCUT2D eigenvalue weighted by Gasteiger charge is 2.27. The molecule has 3 aromatic rings. The fourth-order valence-corrected chi connectivity index (χ4v) is 5.66. The number of carbonyl (C=O) groups is 2. The maximum Gasteiger partial charge on any atom is 0.264 e. The van der Waals surface area contributed by atoms with Gasteiger partial charge < -0.3 is 15.0 Å². The quantitative estimate of drug-likeness (QED) is 0.440. The third-order valence-electron chi connectivity index (χ3n) is 6.38. The third-order valence-corrected chi connectivity index (χ3v) is 8.17. The lowest BCUT2D eigenvalue weighted by molar-refractivity contribution is -0.128. The summed E-state index contributed by atoms with van der Waals surface area (Å²) in [4.78, 5) is 27.0. The molecule has 0 atom stereocenters. The van der Waals surface area contributed by atoms with Gasteiger partial charge in [-0.25, -0.2) is 8.42 Å². The SMILES string of the molecule is COc1ccc(N(CC(=O)NCc2ccccc2CN2CCCC2=O)S(=O)(=O)c2ccc(C)cc2)cc1. The Kier molecular flexibility index (Phi) is 8.13. The summed E-state index contributed by atoms with van der Waals surface area (Å²) in [6.45, 7) is 2.92. The summed E-state index contributed by atoms with van der Waals surface area (Å²) in [5.41, 5.74) is 3.12. The van der Waals surface area contributed by atoms with Gasteiger partial charge in [0.05, 0.1) is 17.7 Å². The molecule has 2 amide bonds. The van der Waals surface area contributed by atoms with E-state index in [1.165, 1.54) is 19.2 Å². The second-order valence-electron chi connectivity index (χ2n) is 8.99. The van der Waals surface area contributed by atoms with Gasteiger partial charge in [-0.2, -0.15) is 0 Å². The van der Waals surface area contributed by atoms with Gasteiger partial charge in [-0.15, -0.1) is 0 Å². The molecular formula is C28H31N3O5S. The summed E-state index contributed by atoms with van der Waals surface area (Å²) in [5, 5.41) is 2.86. The zero-order valence-electron chi connectivity index (χ0n) is 21.0. The second kappa shape index (κ2) is 11.5. The number of aryl methyl sites for hydroxylation is 1. The van der Waals surface area contributed by atoms with E-state index in [-0.39, 0.29) is 17.3 Å². The van der Waals surface area contributed by atoms with E-state index >= 15 is 0 Å².